The van der Waals surface area contributed by atoms with E-state index >= 15 is 0 Å². The lowest BCUT2D eigenvalue weighted by atomic mass is 9.78. The summed E-state index contributed by atoms with van der Waals surface area (Å²) >= 11 is 1.33. The highest BCUT2D eigenvalue weighted by molar-refractivity contribution is 7.17. The monoisotopic (exact) mass is 496 g/mol. The molecule has 1 aromatic carbocycles. The summed E-state index contributed by atoms with van der Waals surface area (Å²) in [5, 5.41) is 12.8. The van der Waals surface area contributed by atoms with E-state index in [0.717, 1.165) is 35.5 Å². The van der Waals surface area contributed by atoms with Gasteiger partial charge in [-0.2, -0.15) is 0 Å². The van der Waals surface area contributed by atoms with Crippen LogP contribution >= 0.6 is 11.3 Å². The fraction of sp³-hybridized carbons (Fsp3) is 0.500. The maximum absolute atomic E-state index is 12.3. The standard InChI is InChI=1S/C28H36N2O4S/c1-28(2,3)34-27(33)29-20-12-10-19(11-13-20)24-16-22(25(35-24)26(31)32)21-14-15-30(4)17-23(21)18-8-6-5-7-9-18/h10-13,16,18H,5-9,14-15,17H2,1-4H3,(H,29,33)(H,31,32). The van der Waals surface area contributed by atoms with E-state index in [0.29, 0.717) is 16.5 Å². The third-order valence-corrected chi connectivity index (χ3v) is 7.91. The van der Waals surface area contributed by atoms with Crippen molar-refractivity contribution in [3.05, 3.63) is 46.3 Å². The van der Waals surface area contributed by atoms with Crippen molar-refractivity contribution in [3.63, 3.8) is 0 Å². The van der Waals surface area contributed by atoms with Gasteiger partial charge in [0.05, 0.1) is 0 Å². The van der Waals surface area contributed by atoms with Gasteiger partial charge < -0.3 is 14.7 Å². The second-order valence-electron chi connectivity index (χ2n) is 10.7. The van der Waals surface area contributed by atoms with Crippen LogP contribution in [0.25, 0.3) is 16.0 Å². The van der Waals surface area contributed by atoms with Crippen LogP contribution in [0.15, 0.2) is 35.9 Å². The molecular weight excluding hydrogens is 460 g/mol. The van der Waals surface area contributed by atoms with E-state index in [-0.39, 0.29) is 0 Å². The minimum absolute atomic E-state index is 0.420. The summed E-state index contributed by atoms with van der Waals surface area (Å²) in [6, 6.07) is 9.54. The third-order valence-electron chi connectivity index (χ3n) is 6.74. The first-order valence-electron chi connectivity index (χ1n) is 12.5. The highest BCUT2D eigenvalue weighted by Gasteiger charge is 2.29. The number of anilines is 1. The number of hydrogen-bond donors (Lipinski definition) is 2. The number of carbonyl (C=O) groups excluding carboxylic acids is 1. The van der Waals surface area contributed by atoms with Gasteiger partial charge >= 0.3 is 12.1 Å². The molecule has 2 heterocycles. The van der Waals surface area contributed by atoms with Crippen LogP contribution in [-0.4, -0.2) is 47.8 Å². The predicted molar refractivity (Wildman–Crippen MR) is 142 cm³/mol. The lowest BCUT2D eigenvalue weighted by Crippen LogP contribution is -2.31. The van der Waals surface area contributed by atoms with Crippen molar-refractivity contribution in [2.24, 2.45) is 5.92 Å². The molecule has 2 N–H and O–H groups in total. The predicted octanol–water partition coefficient (Wildman–Crippen LogP) is 7.13. The normalized spacial score (nSPS) is 17.9. The topological polar surface area (TPSA) is 78.9 Å². The molecule has 0 atom stereocenters. The van der Waals surface area contributed by atoms with Gasteiger partial charge in [-0.25, -0.2) is 9.59 Å². The average Bonchev–Trinajstić information content (AvgIpc) is 3.24. The summed E-state index contributed by atoms with van der Waals surface area (Å²) in [7, 11) is 2.16. The first kappa shape index (κ1) is 25.5. The summed E-state index contributed by atoms with van der Waals surface area (Å²) in [4.78, 5) is 28.0. The number of nitrogens with zero attached hydrogens (tertiary/aromatic N) is 1. The Morgan fingerprint density at radius 1 is 1.11 bits per heavy atom. The highest BCUT2D eigenvalue weighted by atomic mass is 32.1. The van der Waals surface area contributed by atoms with Gasteiger partial charge in [-0.3, -0.25) is 5.32 Å². The van der Waals surface area contributed by atoms with Crippen LogP contribution in [-0.2, 0) is 4.74 Å². The van der Waals surface area contributed by atoms with Crippen molar-refractivity contribution in [1.82, 2.24) is 4.90 Å². The minimum atomic E-state index is -0.867. The number of carboxylic acid groups (broad SMARTS) is 1. The second-order valence-corrected chi connectivity index (χ2v) is 11.7. The molecule has 188 valence electrons. The van der Waals surface area contributed by atoms with E-state index in [1.807, 2.05) is 45.0 Å². The molecular formula is C28H36N2O4S. The third kappa shape index (κ3) is 6.33. The molecule has 0 bridgehead atoms. The van der Waals surface area contributed by atoms with Crippen LogP contribution < -0.4 is 5.32 Å². The molecule has 1 aliphatic heterocycles. The summed E-state index contributed by atoms with van der Waals surface area (Å²) in [5.74, 6) is -0.307. The van der Waals surface area contributed by atoms with E-state index in [9.17, 15) is 14.7 Å². The zero-order chi connectivity index (χ0) is 25.2. The summed E-state index contributed by atoms with van der Waals surface area (Å²) in [5.41, 5.74) is 4.59. The van der Waals surface area contributed by atoms with E-state index in [1.165, 1.54) is 54.6 Å². The maximum Gasteiger partial charge on any atom is 0.412 e. The first-order chi connectivity index (χ1) is 16.6. The molecule has 1 fully saturated rings. The molecule has 2 aromatic rings. The smallest absolute Gasteiger partial charge is 0.412 e. The molecule has 6 nitrogen and oxygen atoms in total. The Labute approximate surface area is 212 Å². The molecule has 1 saturated carbocycles. The maximum atomic E-state index is 12.3. The molecule has 1 aliphatic carbocycles. The molecule has 1 aromatic heterocycles. The van der Waals surface area contributed by atoms with Crippen LogP contribution in [0.5, 0.6) is 0 Å². The van der Waals surface area contributed by atoms with E-state index in [4.69, 9.17) is 4.74 Å². The number of benzene rings is 1. The Kier molecular flexibility index (Phi) is 7.67. The Balaban J connectivity index is 1.63. The lowest BCUT2D eigenvalue weighted by Gasteiger charge is -2.34. The lowest BCUT2D eigenvalue weighted by molar-refractivity contribution is 0.0634. The van der Waals surface area contributed by atoms with Gasteiger partial charge in [0.1, 0.15) is 10.5 Å². The van der Waals surface area contributed by atoms with Crippen molar-refractivity contribution in [2.45, 2.75) is 64.9 Å². The Morgan fingerprint density at radius 2 is 1.80 bits per heavy atom. The molecule has 0 spiro atoms. The number of likely N-dealkylation sites (N-methyl/N-ethyl adjacent to an activating group) is 1. The molecule has 35 heavy (non-hydrogen) atoms. The molecule has 0 saturated heterocycles. The average molecular weight is 497 g/mol. The van der Waals surface area contributed by atoms with Gasteiger partial charge in [-0.1, -0.05) is 31.4 Å². The van der Waals surface area contributed by atoms with Crippen LogP contribution in [0.2, 0.25) is 0 Å². The molecule has 4 rings (SSSR count). The molecule has 0 radical (unpaired) electrons. The van der Waals surface area contributed by atoms with Crippen molar-refractivity contribution >= 4 is 34.7 Å². The largest absolute Gasteiger partial charge is 0.477 e. The minimum Gasteiger partial charge on any atom is -0.477 e. The number of ether oxygens (including phenoxy) is 1. The number of rotatable bonds is 5. The second kappa shape index (κ2) is 10.5. The number of amides is 1. The SMILES string of the molecule is CN1CCC(c2cc(-c3ccc(NC(=O)OC(C)(C)C)cc3)sc2C(=O)O)=C(C2CCCCC2)C1. The Bertz CT molecular complexity index is 1100. The van der Waals surface area contributed by atoms with Crippen LogP contribution in [0.3, 0.4) is 0 Å². The number of nitrogens with one attached hydrogen (secondary N) is 1. The summed E-state index contributed by atoms with van der Waals surface area (Å²) in [6.07, 6.45) is 6.62. The van der Waals surface area contributed by atoms with Crippen molar-refractivity contribution in [1.29, 1.82) is 0 Å². The summed E-state index contributed by atoms with van der Waals surface area (Å²) in [6.45, 7) is 7.34. The molecule has 7 heteroatoms. The van der Waals surface area contributed by atoms with Gasteiger partial charge in [0.25, 0.3) is 0 Å². The van der Waals surface area contributed by atoms with Gasteiger partial charge in [0, 0.05) is 29.2 Å². The fourth-order valence-electron chi connectivity index (χ4n) is 5.12. The zero-order valence-corrected chi connectivity index (χ0v) is 22.0. The number of thiophene rings is 1. The first-order valence-corrected chi connectivity index (χ1v) is 13.3. The highest BCUT2D eigenvalue weighted by Crippen LogP contribution is 2.42. The Morgan fingerprint density at radius 3 is 2.43 bits per heavy atom. The molecule has 2 aliphatic rings. The summed E-state index contributed by atoms with van der Waals surface area (Å²) < 4.78 is 5.31. The van der Waals surface area contributed by atoms with Crippen molar-refractivity contribution in [3.8, 4) is 10.4 Å². The van der Waals surface area contributed by atoms with Crippen LogP contribution in [0.4, 0.5) is 10.5 Å². The Hall–Kier alpha value is -2.64. The number of hydrogen-bond acceptors (Lipinski definition) is 5. The number of carbonyl (C=O) groups is 2. The molecule has 0 unspecified atom stereocenters. The van der Waals surface area contributed by atoms with Gasteiger partial charge in [-0.05, 0) is 87.9 Å². The number of carboxylic acids is 1. The van der Waals surface area contributed by atoms with Gasteiger partial charge in [0.15, 0.2) is 0 Å². The van der Waals surface area contributed by atoms with Crippen LogP contribution in [0.1, 0.15) is 74.5 Å². The van der Waals surface area contributed by atoms with E-state index in [1.54, 1.807) is 0 Å². The van der Waals surface area contributed by atoms with Gasteiger partial charge in [-0.15, -0.1) is 11.3 Å². The number of aromatic carboxylic acids is 1. The van der Waals surface area contributed by atoms with E-state index in [2.05, 4.69) is 23.3 Å². The zero-order valence-electron chi connectivity index (χ0n) is 21.1. The van der Waals surface area contributed by atoms with Crippen LogP contribution in [0, 0.1) is 5.92 Å². The van der Waals surface area contributed by atoms with Crippen molar-refractivity contribution in [2.75, 3.05) is 25.5 Å². The fourth-order valence-corrected chi connectivity index (χ4v) is 6.15. The quantitative estimate of drug-likeness (QED) is 0.460. The van der Waals surface area contributed by atoms with Crippen molar-refractivity contribution < 1.29 is 19.4 Å². The molecule has 1 amide bonds. The van der Waals surface area contributed by atoms with E-state index < -0.39 is 17.7 Å². The van der Waals surface area contributed by atoms with Gasteiger partial charge in [0.2, 0.25) is 0 Å².